The normalized spacial score (nSPS) is 19.3. The maximum atomic E-state index is 6.32. The molecule has 2 unspecified atom stereocenters. The molecular formula is C28H25NO. The Morgan fingerprint density at radius 1 is 0.900 bits per heavy atom. The number of fused-ring (bicyclic) bond motifs is 4. The molecule has 1 aliphatic carbocycles. The van der Waals surface area contributed by atoms with Gasteiger partial charge in [-0.05, 0) is 72.4 Å². The van der Waals surface area contributed by atoms with Gasteiger partial charge in [-0.1, -0.05) is 49.7 Å². The van der Waals surface area contributed by atoms with Crippen molar-refractivity contribution in [3.8, 4) is 11.3 Å². The standard InChI is InChI=1S/C28H25NO/c1-17-7-8-19(13-17)20-9-10-22-21(16-20)11-12-29-27(22)25-15-18(2)14-24-23-5-3-4-6-26(23)30-28(24)25/h3-6,9-12,14-17,19H,7-8,13H2,1-2H3. The van der Waals surface area contributed by atoms with Gasteiger partial charge in [0.1, 0.15) is 11.2 Å². The molecule has 1 saturated carbocycles. The fraction of sp³-hybridized carbons (Fsp3) is 0.250. The van der Waals surface area contributed by atoms with Gasteiger partial charge in [0.25, 0.3) is 0 Å². The first-order valence-corrected chi connectivity index (χ1v) is 11.0. The van der Waals surface area contributed by atoms with E-state index in [1.54, 1.807) is 0 Å². The minimum atomic E-state index is 0.696. The van der Waals surface area contributed by atoms with Crippen molar-refractivity contribution >= 4 is 32.7 Å². The largest absolute Gasteiger partial charge is 0.455 e. The molecular weight excluding hydrogens is 366 g/mol. The molecule has 0 N–H and O–H groups in total. The second-order valence-corrected chi connectivity index (χ2v) is 9.04. The van der Waals surface area contributed by atoms with E-state index in [4.69, 9.17) is 9.40 Å². The van der Waals surface area contributed by atoms with E-state index in [0.717, 1.165) is 39.1 Å². The molecule has 5 aromatic rings. The molecule has 0 radical (unpaired) electrons. The summed E-state index contributed by atoms with van der Waals surface area (Å²) in [5.74, 6) is 1.54. The molecule has 0 bridgehead atoms. The van der Waals surface area contributed by atoms with E-state index >= 15 is 0 Å². The second-order valence-electron chi connectivity index (χ2n) is 9.04. The topological polar surface area (TPSA) is 26.0 Å². The molecule has 0 aliphatic heterocycles. The molecule has 148 valence electrons. The lowest BCUT2D eigenvalue weighted by Crippen LogP contribution is -1.95. The average Bonchev–Trinajstić information content (AvgIpc) is 3.36. The van der Waals surface area contributed by atoms with E-state index in [-0.39, 0.29) is 0 Å². The Labute approximate surface area is 176 Å². The SMILES string of the molecule is Cc1cc(-c2nccc3cc(C4CCC(C)C4)ccc23)c2oc3ccccc3c2c1. The Morgan fingerprint density at radius 3 is 2.67 bits per heavy atom. The van der Waals surface area contributed by atoms with E-state index < -0.39 is 0 Å². The molecule has 3 aromatic carbocycles. The van der Waals surface area contributed by atoms with Crippen molar-refractivity contribution in [2.45, 2.75) is 39.0 Å². The summed E-state index contributed by atoms with van der Waals surface area (Å²) in [4.78, 5) is 4.82. The summed E-state index contributed by atoms with van der Waals surface area (Å²) in [5.41, 5.74) is 6.63. The fourth-order valence-corrected chi connectivity index (χ4v) is 5.32. The quantitative estimate of drug-likeness (QED) is 0.304. The zero-order chi connectivity index (χ0) is 20.2. The molecule has 6 rings (SSSR count). The summed E-state index contributed by atoms with van der Waals surface area (Å²) in [5, 5.41) is 4.79. The summed E-state index contributed by atoms with van der Waals surface area (Å²) in [7, 11) is 0. The van der Waals surface area contributed by atoms with Crippen molar-refractivity contribution in [1.82, 2.24) is 4.98 Å². The van der Waals surface area contributed by atoms with Gasteiger partial charge < -0.3 is 4.42 Å². The Kier molecular flexibility index (Phi) is 3.95. The minimum Gasteiger partial charge on any atom is -0.455 e. The van der Waals surface area contributed by atoms with Gasteiger partial charge in [-0.3, -0.25) is 4.98 Å². The van der Waals surface area contributed by atoms with Crippen LogP contribution >= 0.6 is 0 Å². The first-order valence-electron chi connectivity index (χ1n) is 11.0. The highest BCUT2D eigenvalue weighted by atomic mass is 16.3. The van der Waals surface area contributed by atoms with E-state index in [9.17, 15) is 0 Å². The lowest BCUT2D eigenvalue weighted by Gasteiger charge is -2.13. The molecule has 0 amide bonds. The van der Waals surface area contributed by atoms with Crippen molar-refractivity contribution in [1.29, 1.82) is 0 Å². The highest BCUT2D eigenvalue weighted by Gasteiger charge is 2.23. The molecule has 30 heavy (non-hydrogen) atoms. The van der Waals surface area contributed by atoms with Crippen molar-refractivity contribution < 1.29 is 4.42 Å². The van der Waals surface area contributed by atoms with E-state index in [1.807, 2.05) is 18.3 Å². The molecule has 2 nitrogen and oxygen atoms in total. The van der Waals surface area contributed by atoms with E-state index in [2.05, 4.69) is 62.4 Å². The number of hydrogen-bond acceptors (Lipinski definition) is 2. The Morgan fingerprint density at radius 2 is 1.80 bits per heavy atom. The van der Waals surface area contributed by atoms with Crippen LogP contribution in [0.25, 0.3) is 44.0 Å². The maximum Gasteiger partial charge on any atom is 0.144 e. The van der Waals surface area contributed by atoms with Gasteiger partial charge in [0.2, 0.25) is 0 Å². The summed E-state index contributed by atoms with van der Waals surface area (Å²) in [6, 6.07) is 21.8. The molecule has 2 aromatic heterocycles. The molecule has 2 heterocycles. The number of benzene rings is 3. The molecule has 2 atom stereocenters. The van der Waals surface area contributed by atoms with Crippen LogP contribution in [0.15, 0.2) is 71.3 Å². The van der Waals surface area contributed by atoms with E-state index in [0.29, 0.717) is 5.92 Å². The average molecular weight is 392 g/mol. The van der Waals surface area contributed by atoms with Crippen LogP contribution in [0.1, 0.15) is 43.2 Å². The van der Waals surface area contributed by atoms with Crippen LogP contribution in [0.2, 0.25) is 0 Å². The molecule has 1 fully saturated rings. The van der Waals surface area contributed by atoms with Crippen LogP contribution in [0, 0.1) is 12.8 Å². The molecule has 0 spiro atoms. The van der Waals surface area contributed by atoms with Gasteiger partial charge in [0.15, 0.2) is 0 Å². The van der Waals surface area contributed by atoms with Crippen LogP contribution in [0.3, 0.4) is 0 Å². The fourth-order valence-electron chi connectivity index (χ4n) is 5.32. The summed E-state index contributed by atoms with van der Waals surface area (Å²) in [6.07, 6.45) is 5.90. The zero-order valence-electron chi connectivity index (χ0n) is 17.5. The first-order chi connectivity index (χ1) is 14.7. The van der Waals surface area contributed by atoms with Crippen molar-refractivity contribution in [3.63, 3.8) is 0 Å². The highest BCUT2D eigenvalue weighted by molar-refractivity contribution is 6.11. The molecule has 1 aliphatic rings. The lowest BCUT2D eigenvalue weighted by molar-refractivity contribution is 0.596. The predicted molar refractivity (Wildman–Crippen MR) is 125 cm³/mol. The van der Waals surface area contributed by atoms with Gasteiger partial charge in [0.05, 0.1) is 5.69 Å². The number of furan rings is 1. The zero-order valence-corrected chi connectivity index (χ0v) is 17.5. The number of rotatable bonds is 2. The van der Waals surface area contributed by atoms with Crippen molar-refractivity contribution in [2.75, 3.05) is 0 Å². The van der Waals surface area contributed by atoms with Crippen LogP contribution in [-0.4, -0.2) is 4.98 Å². The summed E-state index contributed by atoms with van der Waals surface area (Å²) >= 11 is 0. The number of hydrogen-bond donors (Lipinski definition) is 0. The number of pyridine rings is 1. The van der Waals surface area contributed by atoms with E-state index in [1.165, 1.54) is 41.2 Å². The Hall–Kier alpha value is -3.13. The van der Waals surface area contributed by atoms with Gasteiger partial charge in [-0.25, -0.2) is 0 Å². The minimum absolute atomic E-state index is 0.696. The summed E-state index contributed by atoms with van der Waals surface area (Å²) in [6.45, 7) is 4.52. The van der Waals surface area contributed by atoms with Gasteiger partial charge >= 0.3 is 0 Å². The van der Waals surface area contributed by atoms with Crippen LogP contribution in [0.4, 0.5) is 0 Å². The highest BCUT2D eigenvalue weighted by Crippen LogP contribution is 2.41. The third kappa shape index (κ3) is 2.74. The monoisotopic (exact) mass is 391 g/mol. The second kappa shape index (κ2) is 6.70. The Bertz CT molecular complexity index is 1410. The van der Waals surface area contributed by atoms with Crippen LogP contribution < -0.4 is 0 Å². The third-order valence-electron chi connectivity index (χ3n) is 6.83. The predicted octanol–water partition coefficient (Wildman–Crippen LogP) is 8.01. The molecule has 0 saturated heterocycles. The van der Waals surface area contributed by atoms with Crippen molar-refractivity contribution in [3.05, 3.63) is 78.0 Å². The molecule has 2 heteroatoms. The van der Waals surface area contributed by atoms with Gasteiger partial charge in [-0.15, -0.1) is 0 Å². The number of aromatic nitrogens is 1. The van der Waals surface area contributed by atoms with Crippen LogP contribution in [-0.2, 0) is 0 Å². The van der Waals surface area contributed by atoms with Gasteiger partial charge in [0, 0.05) is 27.9 Å². The lowest BCUT2D eigenvalue weighted by atomic mass is 9.93. The smallest absolute Gasteiger partial charge is 0.144 e. The first kappa shape index (κ1) is 17.7. The van der Waals surface area contributed by atoms with Crippen molar-refractivity contribution in [2.24, 2.45) is 5.92 Å². The maximum absolute atomic E-state index is 6.32. The van der Waals surface area contributed by atoms with Crippen LogP contribution in [0.5, 0.6) is 0 Å². The third-order valence-corrected chi connectivity index (χ3v) is 6.83. The summed E-state index contributed by atoms with van der Waals surface area (Å²) < 4.78 is 6.32. The number of para-hydroxylation sites is 1. The Balaban J connectivity index is 1.57. The number of aryl methyl sites for hydroxylation is 1. The number of nitrogens with zero attached hydrogens (tertiary/aromatic N) is 1. The van der Waals surface area contributed by atoms with Gasteiger partial charge in [-0.2, -0.15) is 0 Å².